The average molecular weight is 649 g/mol. The molecule has 2 aromatic rings. The van der Waals surface area contributed by atoms with Crippen molar-refractivity contribution in [1.29, 1.82) is 0 Å². The first-order valence-electron chi connectivity index (χ1n) is 16.6. The van der Waals surface area contributed by atoms with Crippen molar-refractivity contribution in [2.24, 2.45) is 23.7 Å². The average Bonchev–Trinajstić information content (AvgIpc) is 3.10. The minimum absolute atomic E-state index is 0.0321. The molecule has 10 nitrogen and oxygen atoms in total. The highest BCUT2D eigenvalue weighted by Gasteiger charge is 2.32. The number of aldehydes is 1. The smallest absolute Gasteiger partial charge is 0.330 e. The molecule has 4 rings (SSSR count). The molecule has 2 aromatic carbocycles. The van der Waals surface area contributed by atoms with Gasteiger partial charge >= 0.3 is 23.9 Å². The predicted molar refractivity (Wildman–Crippen MR) is 172 cm³/mol. The molecule has 47 heavy (non-hydrogen) atoms. The Labute approximate surface area is 275 Å². The van der Waals surface area contributed by atoms with E-state index in [4.69, 9.17) is 23.7 Å². The zero-order chi connectivity index (χ0) is 33.4. The first kappa shape index (κ1) is 35.4. The molecule has 2 aliphatic rings. The van der Waals surface area contributed by atoms with Gasteiger partial charge in [-0.25, -0.2) is 4.79 Å². The van der Waals surface area contributed by atoms with Gasteiger partial charge in [-0.05, 0) is 126 Å². The maximum atomic E-state index is 12.8. The normalized spacial score (nSPS) is 20.7. The molecule has 0 bridgehead atoms. The minimum Gasteiger partial charge on any atom is -0.494 e. The molecule has 0 amide bonds. The van der Waals surface area contributed by atoms with Gasteiger partial charge in [-0.3, -0.25) is 14.4 Å². The zero-order valence-corrected chi connectivity index (χ0v) is 26.8. The molecule has 0 atom stereocenters. The van der Waals surface area contributed by atoms with Gasteiger partial charge in [-0.15, -0.1) is 0 Å². The van der Waals surface area contributed by atoms with Gasteiger partial charge < -0.3 is 28.5 Å². The SMILES string of the molecule is C=CC(=O)OCCCCCCOc1ccc(OC(=O)C2CCC(C(=O)Oc3ccc(OC(=O)C4CCC(C=O)CC4)cc3)CC2)cc1. The Morgan fingerprint density at radius 2 is 0.957 bits per heavy atom. The predicted octanol–water partition coefficient (Wildman–Crippen LogP) is 6.58. The monoisotopic (exact) mass is 648 g/mol. The van der Waals surface area contributed by atoms with Crippen LogP contribution in [-0.2, 0) is 28.7 Å². The summed E-state index contributed by atoms with van der Waals surface area (Å²) in [5, 5.41) is 0. The summed E-state index contributed by atoms with van der Waals surface area (Å²) in [7, 11) is 0. The summed E-state index contributed by atoms with van der Waals surface area (Å²) in [6.45, 7) is 4.32. The number of esters is 4. The van der Waals surface area contributed by atoms with Gasteiger partial charge in [0, 0.05) is 12.0 Å². The van der Waals surface area contributed by atoms with Crippen LogP contribution in [0.1, 0.15) is 77.0 Å². The highest BCUT2D eigenvalue weighted by molar-refractivity contribution is 5.81. The fraction of sp³-hybridized carbons (Fsp3) is 0.486. The van der Waals surface area contributed by atoms with E-state index in [1.807, 2.05) is 0 Å². The van der Waals surface area contributed by atoms with Gasteiger partial charge in [0.05, 0.1) is 31.0 Å². The highest BCUT2D eigenvalue weighted by Crippen LogP contribution is 2.33. The third-order valence-electron chi connectivity index (χ3n) is 8.71. The lowest BCUT2D eigenvalue weighted by molar-refractivity contribution is -0.145. The second-order valence-electron chi connectivity index (χ2n) is 12.1. The van der Waals surface area contributed by atoms with E-state index in [9.17, 15) is 24.0 Å². The lowest BCUT2D eigenvalue weighted by Crippen LogP contribution is -2.30. The van der Waals surface area contributed by atoms with E-state index in [-0.39, 0.29) is 41.6 Å². The van der Waals surface area contributed by atoms with Crippen molar-refractivity contribution in [3.05, 3.63) is 61.2 Å². The summed E-state index contributed by atoms with van der Waals surface area (Å²) in [6, 6.07) is 13.3. The molecule has 0 unspecified atom stereocenters. The molecule has 2 saturated carbocycles. The number of carbonyl (C=O) groups is 5. The maximum absolute atomic E-state index is 12.8. The Hall–Kier alpha value is -4.47. The third-order valence-corrected chi connectivity index (χ3v) is 8.71. The van der Waals surface area contributed by atoms with E-state index in [2.05, 4.69) is 6.58 Å². The number of benzene rings is 2. The van der Waals surface area contributed by atoms with E-state index in [0.717, 1.165) is 38.0 Å². The van der Waals surface area contributed by atoms with Gasteiger partial charge in [0.15, 0.2) is 0 Å². The summed E-state index contributed by atoms with van der Waals surface area (Å²) < 4.78 is 27.4. The van der Waals surface area contributed by atoms with Gasteiger partial charge in [-0.2, -0.15) is 0 Å². The van der Waals surface area contributed by atoms with Crippen LogP contribution in [0.3, 0.4) is 0 Å². The van der Waals surface area contributed by atoms with Crippen LogP contribution >= 0.6 is 0 Å². The van der Waals surface area contributed by atoms with Crippen LogP contribution in [0.4, 0.5) is 0 Å². The molecule has 0 spiro atoms. The van der Waals surface area contributed by atoms with Crippen molar-refractivity contribution in [3.8, 4) is 23.0 Å². The molecule has 252 valence electrons. The molecular formula is C37H44O10. The van der Waals surface area contributed by atoms with E-state index in [0.29, 0.717) is 87.6 Å². The topological polar surface area (TPSA) is 132 Å². The molecule has 0 aliphatic heterocycles. The van der Waals surface area contributed by atoms with E-state index in [1.54, 1.807) is 48.5 Å². The Kier molecular flexibility index (Phi) is 14.0. The van der Waals surface area contributed by atoms with Crippen LogP contribution in [0.5, 0.6) is 23.0 Å². The van der Waals surface area contributed by atoms with Crippen molar-refractivity contribution in [2.75, 3.05) is 13.2 Å². The number of carbonyl (C=O) groups excluding carboxylic acids is 5. The molecule has 2 fully saturated rings. The van der Waals surface area contributed by atoms with Crippen LogP contribution in [0.15, 0.2) is 61.2 Å². The Bertz CT molecular complexity index is 1330. The molecule has 0 saturated heterocycles. The quantitative estimate of drug-likeness (QED) is 0.0646. The molecule has 0 radical (unpaired) electrons. The molecule has 2 aliphatic carbocycles. The Balaban J connectivity index is 1.10. The molecular weight excluding hydrogens is 604 g/mol. The van der Waals surface area contributed by atoms with Crippen LogP contribution < -0.4 is 18.9 Å². The lowest BCUT2D eigenvalue weighted by Gasteiger charge is -2.25. The lowest BCUT2D eigenvalue weighted by atomic mass is 9.82. The minimum atomic E-state index is -0.401. The number of rotatable bonds is 16. The van der Waals surface area contributed by atoms with Crippen molar-refractivity contribution in [1.82, 2.24) is 0 Å². The Morgan fingerprint density at radius 1 is 0.574 bits per heavy atom. The van der Waals surface area contributed by atoms with Crippen LogP contribution in [0, 0.1) is 23.7 Å². The second-order valence-corrected chi connectivity index (χ2v) is 12.1. The zero-order valence-electron chi connectivity index (χ0n) is 26.8. The standard InChI is InChI=1S/C37H44O10/c1-2-34(39)44-24-6-4-3-5-23-43-30-15-17-31(18-16-30)45-36(41)28-11-13-29(14-12-28)37(42)47-33-21-19-32(20-22-33)46-35(40)27-9-7-26(25-38)8-10-27/h2,15-22,25-29H,1,3-14,23-24H2. The summed E-state index contributed by atoms with van der Waals surface area (Å²) in [5.74, 6) is -0.286. The highest BCUT2D eigenvalue weighted by atomic mass is 16.5. The van der Waals surface area contributed by atoms with E-state index >= 15 is 0 Å². The summed E-state index contributed by atoms with van der Waals surface area (Å²) in [6.07, 6.45) is 10.5. The van der Waals surface area contributed by atoms with Crippen LogP contribution in [0.2, 0.25) is 0 Å². The number of unbranched alkanes of at least 4 members (excludes halogenated alkanes) is 3. The summed E-state index contributed by atoms with van der Waals surface area (Å²) in [5.41, 5.74) is 0. The van der Waals surface area contributed by atoms with Crippen LogP contribution in [-0.4, -0.2) is 43.4 Å². The summed E-state index contributed by atoms with van der Waals surface area (Å²) >= 11 is 0. The molecule has 10 heteroatoms. The van der Waals surface area contributed by atoms with Crippen molar-refractivity contribution in [3.63, 3.8) is 0 Å². The van der Waals surface area contributed by atoms with E-state index in [1.165, 1.54) is 0 Å². The Morgan fingerprint density at radius 3 is 1.36 bits per heavy atom. The first-order chi connectivity index (χ1) is 22.8. The second kappa shape index (κ2) is 18.6. The van der Waals surface area contributed by atoms with E-state index < -0.39 is 5.97 Å². The first-order valence-corrected chi connectivity index (χ1v) is 16.6. The fourth-order valence-electron chi connectivity index (χ4n) is 5.81. The molecule has 0 aromatic heterocycles. The third kappa shape index (κ3) is 11.7. The van der Waals surface area contributed by atoms with Crippen molar-refractivity contribution in [2.45, 2.75) is 77.0 Å². The fourth-order valence-corrected chi connectivity index (χ4v) is 5.81. The van der Waals surface area contributed by atoms with Gasteiger partial charge in [0.25, 0.3) is 0 Å². The van der Waals surface area contributed by atoms with Crippen molar-refractivity contribution < 1.29 is 47.7 Å². The number of ether oxygens (including phenoxy) is 5. The van der Waals surface area contributed by atoms with Gasteiger partial charge in [0.2, 0.25) is 0 Å². The number of hydrogen-bond acceptors (Lipinski definition) is 10. The largest absolute Gasteiger partial charge is 0.494 e. The van der Waals surface area contributed by atoms with Crippen molar-refractivity contribution >= 4 is 30.2 Å². The van der Waals surface area contributed by atoms with Gasteiger partial charge in [-0.1, -0.05) is 6.58 Å². The van der Waals surface area contributed by atoms with Gasteiger partial charge in [0.1, 0.15) is 29.3 Å². The maximum Gasteiger partial charge on any atom is 0.330 e. The molecule has 0 N–H and O–H groups in total. The molecule has 0 heterocycles. The number of hydrogen-bond donors (Lipinski definition) is 0. The summed E-state index contributed by atoms with van der Waals surface area (Å²) in [4.78, 5) is 60.0. The van der Waals surface area contributed by atoms with Crippen LogP contribution in [0.25, 0.3) is 0 Å².